The van der Waals surface area contributed by atoms with Crippen LogP contribution in [0.15, 0.2) is 0 Å². The second-order valence-electron chi connectivity index (χ2n) is 4.66. The first kappa shape index (κ1) is 13.7. The van der Waals surface area contributed by atoms with Gasteiger partial charge in [0.1, 0.15) is 19.3 Å². The average molecular weight is 198 g/mol. The van der Waals surface area contributed by atoms with Gasteiger partial charge < -0.3 is 0 Å². The van der Waals surface area contributed by atoms with Gasteiger partial charge in [0.25, 0.3) is 0 Å². The minimum atomic E-state index is 0.643. The van der Waals surface area contributed by atoms with Crippen LogP contribution in [0.2, 0.25) is 0 Å². The molecule has 84 valence electrons. The van der Waals surface area contributed by atoms with E-state index < -0.39 is 0 Å². The van der Waals surface area contributed by atoms with Crippen molar-refractivity contribution in [3.8, 4) is 0 Å². The van der Waals surface area contributed by atoms with E-state index in [1.807, 2.05) is 0 Å². The van der Waals surface area contributed by atoms with Gasteiger partial charge in [0.05, 0.1) is 0 Å². The van der Waals surface area contributed by atoms with E-state index in [2.05, 4.69) is 39.0 Å². The third kappa shape index (κ3) is 6.17. The molecule has 0 aliphatic heterocycles. The summed E-state index contributed by atoms with van der Waals surface area (Å²) in [5.41, 5.74) is 0. The van der Waals surface area contributed by atoms with Crippen LogP contribution in [0, 0.1) is 5.92 Å². The van der Waals surface area contributed by atoms with Gasteiger partial charge in [0, 0.05) is 12.3 Å². The predicted molar refractivity (Wildman–Crippen MR) is 65.3 cm³/mol. The quantitative estimate of drug-likeness (QED) is 0.413. The van der Waals surface area contributed by atoms with E-state index in [1.165, 1.54) is 32.1 Å². The number of unbranched alkanes of at least 4 members (excludes halogenated alkanes) is 1. The highest BCUT2D eigenvalue weighted by Crippen LogP contribution is 2.09. The van der Waals surface area contributed by atoms with Gasteiger partial charge in [0.2, 0.25) is 0 Å². The van der Waals surface area contributed by atoms with Gasteiger partial charge in [-0.25, -0.2) is 4.58 Å². The zero-order valence-electron chi connectivity index (χ0n) is 10.6. The van der Waals surface area contributed by atoms with E-state index in [-0.39, 0.29) is 0 Å². The van der Waals surface area contributed by atoms with E-state index in [0.29, 0.717) is 6.04 Å². The highest BCUT2D eigenvalue weighted by atomic mass is 15.0. The predicted octanol–water partition coefficient (Wildman–Crippen LogP) is 3.71. The van der Waals surface area contributed by atoms with E-state index in [9.17, 15) is 0 Å². The Balaban J connectivity index is 3.69. The van der Waals surface area contributed by atoms with Crippen molar-refractivity contribution in [2.45, 2.75) is 65.8 Å². The van der Waals surface area contributed by atoms with Crippen molar-refractivity contribution in [1.82, 2.24) is 0 Å². The summed E-state index contributed by atoms with van der Waals surface area (Å²) < 4.78 is 2.27. The topological polar surface area (TPSA) is 3.01 Å². The molecule has 2 unspecified atom stereocenters. The van der Waals surface area contributed by atoms with Crippen LogP contribution in [0.3, 0.4) is 0 Å². The minimum Gasteiger partial charge on any atom is -0.240 e. The first-order valence-corrected chi connectivity index (χ1v) is 6.18. The fourth-order valence-corrected chi connectivity index (χ4v) is 1.82. The Bertz CT molecular complexity index is 151. The Morgan fingerprint density at radius 1 is 1.07 bits per heavy atom. The van der Waals surface area contributed by atoms with Gasteiger partial charge in [-0.1, -0.05) is 33.6 Å². The summed E-state index contributed by atoms with van der Waals surface area (Å²) in [6.07, 6.45) is 6.55. The van der Waals surface area contributed by atoms with Crippen LogP contribution < -0.4 is 0 Å². The molecule has 0 aliphatic rings. The lowest BCUT2D eigenvalue weighted by Crippen LogP contribution is -2.26. The smallest absolute Gasteiger partial charge is 0.149 e. The molecule has 0 fully saturated rings. The summed E-state index contributed by atoms with van der Waals surface area (Å²) in [6.45, 7) is 14.4. The summed E-state index contributed by atoms with van der Waals surface area (Å²) in [5, 5.41) is 0. The van der Waals surface area contributed by atoms with Crippen LogP contribution in [-0.4, -0.2) is 23.9 Å². The van der Waals surface area contributed by atoms with Crippen LogP contribution in [0.1, 0.15) is 59.8 Å². The normalized spacial score (nSPS) is 15.1. The third-order valence-electron chi connectivity index (χ3n) is 2.93. The van der Waals surface area contributed by atoms with Crippen molar-refractivity contribution in [2.24, 2.45) is 5.92 Å². The largest absolute Gasteiger partial charge is 0.240 e. The molecule has 0 aromatic carbocycles. The lowest BCUT2D eigenvalue weighted by atomic mass is 10.0. The Morgan fingerprint density at radius 3 is 2.21 bits per heavy atom. The molecule has 1 heteroatoms. The fraction of sp³-hybridized carbons (Fsp3) is 0.923. The Kier molecular flexibility index (Phi) is 7.83. The van der Waals surface area contributed by atoms with E-state index in [4.69, 9.17) is 0 Å². The monoisotopic (exact) mass is 198 g/mol. The van der Waals surface area contributed by atoms with E-state index in [0.717, 1.165) is 12.5 Å². The molecule has 0 rings (SSSR count). The maximum absolute atomic E-state index is 4.14. The molecule has 0 aromatic rings. The van der Waals surface area contributed by atoms with Gasteiger partial charge in [0.15, 0.2) is 0 Å². The maximum atomic E-state index is 4.14. The maximum Gasteiger partial charge on any atom is 0.149 e. The molecule has 0 heterocycles. The molecular formula is C13H28N+. The van der Waals surface area contributed by atoms with Crippen molar-refractivity contribution in [3.63, 3.8) is 0 Å². The van der Waals surface area contributed by atoms with Gasteiger partial charge in [-0.15, -0.1) is 0 Å². The van der Waals surface area contributed by atoms with Crippen LogP contribution in [0.5, 0.6) is 0 Å². The molecule has 0 radical (unpaired) electrons. The van der Waals surface area contributed by atoms with Gasteiger partial charge in [-0.3, -0.25) is 0 Å². The fourth-order valence-electron chi connectivity index (χ4n) is 1.82. The minimum absolute atomic E-state index is 0.643. The summed E-state index contributed by atoms with van der Waals surface area (Å²) in [5.74, 6) is 0.798. The van der Waals surface area contributed by atoms with E-state index in [1.54, 1.807) is 0 Å². The summed E-state index contributed by atoms with van der Waals surface area (Å²) in [7, 11) is 0. The summed E-state index contributed by atoms with van der Waals surface area (Å²) in [4.78, 5) is 0. The molecule has 1 nitrogen and oxygen atoms in total. The summed E-state index contributed by atoms with van der Waals surface area (Å²) >= 11 is 0. The zero-order chi connectivity index (χ0) is 11.0. The Labute approximate surface area is 90.2 Å². The number of rotatable bonds is 8. The highest BCUT2D eigenvalue weighted by Gasteiger charge is 2.14. The van der Waals surface area contributed by atoms with E-state index >= 15 is 0 Å². The van der Waals surface area contributed by atoms with Gasteiger partial charge >= 0.3 is 0 Å². The Morgan fingerprint density at radius 2 is 1.71 bits per heavy atom. The van der Waals surface area contributed by atoms with Crippen LogP contribution in [-0.2, 0) is 0 Å². The average Bonchev–Trinajstić information content (AvgIpc) is 2.15. The standard InChI is InChI=1S/C13H28N/c1-6-8-10-12(3)11-14(5)13(4)9-7-2/h12-13H,5-11H2,1-4H3/q+1. The second kappa shape index (κ2) is 8.02. The molecule has 0 aliphatic carbocycles. The summed E-state index contributed by atoms with van der Waals surface area (Å²) in [6, 6.07) is 0.643. The van der Waals surface area contributed by atoms with Crippen LogP contribution >= 0.6 is 0 Å². The van der Waals surface area contributed by atoms with Crippen LogP contribution in [0.25, 0.3) is 0 Å². The highest BCUT2D eigenvalue weighted by molar-refractivity contribution is 5.14. The molecule has 0 saturated carbocycles. The van der Waals surface area contributed by atoms with Crippen molar-refractivity contribution in [3.05, 3.63) is 0 Å². The second-order valence-corrected chi connectivity index (χ2v) is 4.66. The number of nitrogens with zero attached hydrogens (tertiary/aromatic N) is 1. The molecule has 0 amide bonds. The third-order valence-corrected chi connectivity index (χ3v) is 2.93. The van der Waals surface area contributed by atoms with Crippen molar-refractivity contribution < 1.29 is 4.58 Å². The molecule has 0 N–H and O–H groups in total. The molecule has 0 aromatic heterocycles. The Hall–Kier alpha value is -0.330. The first-order valence-electron chi connectivity index (χ1n) is 6.18. The van der Waals surface area contributed by atoms with Crippen molar-refractivity contribution in [1.29, 1.82) is 0 Å². The lowest BCUT2D eigenvalue weighted by molar-refractivity contribution is -0.561. The first-order chi connectivity index (χ1) is 6.61. The van der Waals surface area contributed by atoms with Crippen LogP contribution in [0.4, 0.5) is 0 Å². The lowest BCUT2D eigenvalue weighted by Gasteiger charge is -2.13. The number of hydrogen-bond donors (Lipinski definition) is 0. The zero-order valence-corrected chi connectivity index (χ0v) is 10.6. The SMILES string of the molecule is C=[N+](CC(C)CCCC)C(C)CCC. The molecular weight excluding hydrogens is 170 g/mol. The molecule has 2 atom stereocenters. The van der Waals surface area contributed by atoms with Crippen molar-refractivity contribution >= 4 is 6.72 Å². The molecule has 0 saturated heterocycles. The molecule has 0 spiro atoms. The van der Waals surface area contributed by atoms with Crippen molar-refractivity contribution in [2.75, 3.05) is 6.54 Å². The molecule has 0 bridgehead atoms. The number of hydrogen-bond acceptors (Lipinski definition) is 0. The van der Waals surface area contributed by atoms with Gasteiger partial charge in [-0.2, -0.15) is 0 Å². The molecule has 14 heavy (non-hydrogen) atoms. The van der Waals surface area contributed by atoms with Gasteiger partial charge in [-0.05, 0) is 19.8 Å².